The van der Waals surface area contributed by atoms with Gasteiger partial charge in [-0.05, 0) is 59.4 Å². The van der Waals surface area contributed by atoms with Crippen molar-refractivity contribution in [2.24, 2.45) is 0 Å². The summed E-state index contributed by atoms with van der Waals surface area (Å²) in [7, 11) is -3.20. The Bertz CT molecular complexity index is 892. The number of carbonyl (C=O) groups excluding carboxylic acids is 1. The lowest BCUT2D eigenvalue weighted by Crippen LogP contribution is -2.55. The highest BCUT2D eigenvalue weighted by Crippen LogP contribution is 2.56. The average molecular weight is 466 g/mol. The van der Waals surface area contributed by atoms with Crippen LogP contribution in [-0.2, 0) is 14.8 Å². The Morgan fingerprint density at radius 2 is 1.84 bits per heavy atom. The molecule has 2 fully saturated rings. The van der Waals surface area contributed by atoms with Crippen LogP contribution in [0.2, 0.25) is 0 Å². The molecule has 3 rings (SSSR count). The van der Waals surface area contributed by atoms with E-state index in [2.05, 4.69) is 40.8 Å². The zero-order chi connectivity index (χ0) is 23.7. The minimum atomic E-state index is -3.20. The monoisotopic (exact) mass is 465 g/mol. The van der Waals surface area contributed by atoms with Crippen LogP contribution >= 0.6 is 0 Å². The van der Waals surface area contributed by atoms with Crippen molar-refractivity contribution in [3.8, 4) is 0 Å². The van der Waals surface area contributed by atoms with E-state index in [4.69, 9.17) is 4.74 Å². The molecule has 32 heavy (non-hydrogen) atoms. The summed E-state index contributed by atoms with van der Waals surface area (Å²) in [5, 5.41) is 0. The molecular weight excluding hydrogens is 426 g/mol. The van der Waals surface area contributed by atoms with E-state index in [1.54, 1.807) is 0 Å². The van der Waals surface area contributed by atoms with E-state index < -0.39 is 15.6 Å². The normalized spacial score (nSPS) is 25.9. The van der Waals surface area contributed by atoms with Gasteiger partial charge in [0.2, 0.25) is 10.0 Å². The van der Waals surface area contributed by atoms with Gasteiger partial charge in [0.25, 0.3) is 0 Å². The summed E-state index contributed by atoms with van der Waals surface area (Å²) < 4.78 is 31.3. The Labute approximate surface area is 193 Å². The van der Waals surface area contributed by atoms with E-state index in [1.165, 1.54) is 11.8 Å². The van der Waals surface area contributed by atoms with Crippen LogP contribution in [0.25, 0.3) is 0 Å². The van der Waals surface area contributed by atoms with Crippen LogP contribution in [0.3, 0.4) is 0 Å². The maximum Gasteiger partial charge on any atom is 0.411 e. The zero-order valence-corrected chi connectivity index (χ0v) is 21.1. The molecule has 1 aliphatic heterocycles. The predicted molar refractivity (Wildman–Crippen MR) is 127 cm³/mol. The van der Waals surface area contributed by atoms with Crippen LogP contribution in [0.15, 0.2) is 30.3 Å². The van der Waals surface area contributed by atoms with Gasteiger partial charge in [-0.3, -0.25) is 9.80 Å². The summed E-state index contributed by atoms with van der Waals surface area (Å²) in [5.41, 5.74) is 0.469. The summed E-state index contributed by atoms with van der Waals surface area (Å²) in [6.45, 7) is 12.0. The van der Waals surface area contributed by atoms with Gasteiger partial charge in [-0.25, -0.2) is 17.9 Å². The molecule has 1 saturated heterocycles. The Hall–Kier alpha value is -1.64. The van der Waals surface area contributed by atoms with E-state index in [9.17, 15) is 13.2 Å². The predicted octanol–water partition coefficient (Wildman–Crippen LogP) is 3.57. The Balaban J connectivity index is 1.71. The molecule has 1 saturated carbocycles. The van der Waals surface area contributed by atoms with E-state index >= 15 is 0 Å². The molecule has 0 radical (unpaired) electrons. The van der Waals surface area contributed by atoms with Crippen LogP contribution in [-0.4, -0.2) is 73.4 Å². The Morgan fingerprint density at radius 1 is 1.25 bits per heavy atom. The number of piperidine rings is 1. The number of rotatable bonds is 7. The molecule has 1 unspecified atom stereocenters. The second kappa shape index (κ2) is 9.31. The van der Waals surface area contributed by atoms with Crippen LogP contribution < -0.4 is 4.72 Å². The van der Waals surface area contributed by atoms with E-state index in [0.29, 0.717) is 12.5 Å². The minimum Gasteiger partial charge on any atom is -0.444 e. The topological polar surface area (TPSA) is 79.0 Å². The Morgan fingerprint density at radius 3 is 2.38 bits per heavy atom. The highest BCUT2D eigenvalue weighted by Gasteiger charge is 2.59. The highest BCUT2D eigenvalue weighted by atomic mass is 32.2. The van der Waals surface area contributed by atoms with Crippen molar-refractivity contribution < 1.29 is 17.9 Å². The van der Waals surface area contributed by atoms with Gasteiger partial charge in [-0.1, -0.05) is 30.3 Å². The number of hydrogen-bond acceptors (Lipinski definition) is 5. The number of nitrogens with one attached hydrogen (secondary N) is 1. The van der Waals surface area contributed by atoms with E-state index in [1.807, 2.05) is 38.7 Å². The van der Waals surface area contributed by atoms with Gasteiger partial charge < -0.3 is 4.74 Å². The fourth-order valence-electron chi connectivity index (χ4n) is 4.85. The van der Waals surface area contributed by atoms with Crippen LogP contribution in [0.4, 0.5) is 4.79 Å². The molecule has 3 atom stereocenters. The number of ether oxygens (including phenoxy) is 1. The number of hydrogen-bond donors (Lipinski definition) is 1. The fourth-order valence-corrected chi connectivity index (χ4v) is 5.40. The molecule has 1 heterocycles. The number of benzene rings is 1. The Kier molecular flexibility index (Phi) is 7.27. The van der Waals surface area contributed by atoms with Gasteiger partial charge >= 0.3 is 6.09 Å². The van der Waals surface area contributed by atoms with Crippen molar-refractivity contribution in [3.63, 3.8) is 0 Å². The van der Waals surface area contributed by atoms with Crippen molar-refractivity contribution in [2.75, 3.05) is 25.9 Å². The standard InChI is InChI=1S/C24H39N3O4S/c1-18(17-25-32(6,29)30)26-14-12-20(13-15-26)27(22(28)31-23(2,3)4)24(5)16-21(24)19-10-8-7-9-11-19/h7-11,18,20-21,25H,12-17H2,1-6H3/t18?,21-,24+/m0/s1. The summed E-state index contributed by atoms with van der Waals surface area (Å²) >= 11 is 0. The fraction of sp³-hybridized carbons (Fsp3) is 0.708. The van der Waals surface area contributed by atoms with Crippen LogP contribution in [0.5, 0.6) is 0 Å². The van der Waals surface area contributed by atoms with Crippen molar-refractivity contribution in [2.45, 2.75) is 83.0 Å². The first-order valence-corrected chi connectivity index (χ1v) is 13.5. The third-order valence-electron chi connectivity index (χ3n) is 6.68. The molecule has 1 aromatic carbocycles. The summed E-state index contributed by atoms with van der Waals surface area (Å²) in [6.07, 6.45) is 3.58. The quantitative estimate of drug-likeness (QED) is 0.666. The molecule has 0 aromatic heterocycles. The number of likely N-dealkylation sites (tertiary alicyclic amines) is 1. The molecule has 180 valence electrons. The third-order valence-corrected chi connectivity index (χ3v) is 7.37. The maximum absolute atomic E-state index is 13.4. The van der Waals surface area contributed by atoms with Gasteiger partial charge in [0.05, 0.1) is 11.8 Å². The van der Waals surface area contributed by atoms with Gasteiger partial charge in [-0.2, -0.15) is 0 Å². The van der Waals surface area contributed by atoms with Gasteiger partial charge in [-0.15, -0.1) is 0 Å². The molecule has 7 nitrogen and oxygen atoms in total. The lowest BCUT2D eigenvalue weighted by molar-refractivity contribution is -0.00910. The van der Waals surface area contributed by atoms with Gasteiger partial charge in [0, 0.05) is 37.6 Å². The van der Waals surface area contributed by atoms with Gasteiger partial charge in [0.1, 0.15) is 5.60 Å². The molecule has 8 heteroatoms. The first-order valence-electron chi connectivity index (χ1n) is 11.6. The lowest BCUT2D eigenvalue weighted by atomic mass is 9.98. The largest absolute Gasteiger partial charge is 0.444 e. The average Bonchev–Trinajstić information content (AvgIpc) is 3.37. The van der Waals surface area contributed by atoms with Crippen LogP contribution in [0, 0.1) is 0 Å². The number of amides is 1. The zero-order valence-electron chi connectivity index (χ0n) is 20.3. The second-order valence-corrected chi connectivity index (χ2v) is 12.4. The van der Waals surface area contributed by atoms with E-state index in [0.717, 1.165) is 32.4 Å². The molecule has 2 aliphatic rings. The number of nitrogens with zero attached hydrogens (tertiary/aromatic N) is 2. The first-order chi connectivity index (χ1) is 14.8. The van der Waals surface area contributed by atoms with Crippen molar-refractivity contribution in [1.82, 2.24) is 14.5 Å². The highest BCUT2D eigenvalue weighted by molar-refractivity contribution is 7.88. The van der Waals surface area contributed by atoms with Crippen LogP contribution in [0.1, 0.15) is 65.4 Å². The van der Waals surface area contributed by atoms with Crippen molar-refractivity contribution in [3.05, 3.63) is 35.9 Å². The molecular formula is C24H39N3O4S. The number of sulfonamides is 1. The van der Waals surface area contributed by atoms with E-state index in [-0.39, 0.29) is 23.7 Å². The summed E-state index contributed by atoms with van der Waals surface area (Å²) in [6, 6.07) is 10.6. The summed E-state index contributed by atoms with van der Waals surface area (Å²) in [5.74, 6) is 0.312. The molecule has 1 N–H and O–H groups in total. The SMILES string of the molecule is CC(CNS(C)(=O)=O)N1CCC(N(C(=O)OC(C)(C)C)[C@]2(C)C[C@H]2c2ccccc2)CC1. The smallest absolute Gasteiger partial charge is 0.411 e. The molecule has 1 aliphatic carbocycles. The molecule has 1 amide bonds. The minimum absolute atomic E-state index is 0.106. The van der Waals surface area contributed by atoms with Crippen molar-refractivity contribution >= 4 is 16.1 Å². The first kappa shape index (κ1) is 25.0. The second-order valence-electron chi connectivity index (χ2n) is 10.6. The third kappa shape index (κ3) is 6.23. The van der Waals surface area contributed by atoms with Gasteiger partial charge in [0.15, 0.2) is 0 Å². The molecule has 1 aromatic rings. The lowest BCUT2D eigenvalue weighted by Gasteiger charge is -2.44. The molecule has 0 bridgehead atoms. The van der Waals surface area contributed by atoms with Crippen molar-refractivity contribution in [1.29, 1.82) is 0 Å². The molecule has 0 spiro atoms. The number of carbonyl (C=O) groups is 1. The maximum atomic E-state index is 13.4. The summed E-state index contributed by atoms with van der Waals surface area (Å²) in [4.78, 5) is 17.7.